The van der Waals surface area contributed by atoms with Gasteiger partial charge in [-0.3, -0.25) is 9.59 Å². The van der Waals surface area contributed by atoms with Crippen molar-refractivity contribution >= 4 is 40.7 Å². The molecule has 1 saturated heterocycles. The molecule has 2 N–H and O–H groups in total. The Morgan fingerprint density at radius 1 is 1.18 bits per heavy atom. The van der Waals surface area contributed by atoms with Crippen LogP contribution in [-0.4, -0.2) is 36.1 Å². The third kappa shape index (κ3) is 4.52. The lowest BCUT2D eigenvalue weighted by Crippen LogP contribution is -2.46. The summed E-state index contributed by atoms with van der Waals surface area (Å²) in [6.07, 6.45) is 1.73. The normalized spacial score (nSPS) is 17.0. The molecule has 2 heterocycles. The third-order valence-corrected chi connectivity index (χ3v) is 6.20. The van der Waals surface area contributed by atoms with Gasteiger partial charge in [0.15, 0.2) is 0 Å². The zero-order valence-electron chi connectivity index (χ0n) is 17.4. The van der Waals surface area contributed by atoms with Crippen molar-refractivity contribution in [3.8, 4) is 11.1 Å². The Kier molecular flexibility index (Phi) is 6.29. The van der Waals surface area contributed by atoms with Crippen LogP contribution in [0, 0.1) is 11.7 Å². The van der Waals surface area contributed by atoms with Gasteiger partial charge in [-0.2, -0.15) is 0 Å². The van der Waals surface area contributed by atoms with Gasteiger partial charge < -0.3 is 19.8 Å². The number of carbonyl (C=O) groups is 3. The second-order valence-electron chi connectivity index (χ2n) is 8.00. The predicted molar refractivity (Wildman–Crippen MR) is 120 cm³/mol. The van der Waals surface area contributed by atoms with Crippen LogP contribution < -0.4 is 11.4 Å². The fourth-order valence-electron chi connectivity index (χ4n) is 4.19. The molecule has 33 heavy (non-hydrogen) atoms. The molecular weight excluding hydrogens is 451 g/mol. The second-order valence-corrected chi connectivity index (χ2v) is 8.41. The standard InChI is InChI=1S/C24H20ClFN2O5/c25-20-9-15(26)4-6-16(20)18-10-22(30)33-21-8-13(3-5-17(18)21)19(12-29)24(32)28-7-1-2-14(11-28)23(27)31/h3-6,8-10,12,14,19H,1-2,7,11H2,(H2,27,31)/t14-,19-/m0/s1. The summed E-state index contributed by atoms with van der Waals surface area (Å²) in [5, 5.41) is 0.636. The van der Waals surface area contributed by atoms with Crippen molar-refractivity contribution < 1.29 is 23.2 Å². The van der Waals surface area contributed by atoms with Crippen LogP contribution in [0.2, 0.25) is 5.02 Å². The molecule has 0 bridgehead atoms. The van der Waals surface area contributed by atoms with Gasteiger partial charge >= 0.3 is 5.63 Å². The summed E-state index contributed by atoms with van der Waals surface area (Å²) < 4.78 is 18.8. The van der Waals surface area contributed by atoms with Gasteiger partial charge in [0.05, 0.1) is 10.9 Å². The van der Waals surface area contributed by atoms with Gasteiger partial charge in [-0.1, -0.05) is 23.7 Å². The van der Waals surface area contributed by atoms with Gasteiger partial charge in [-0.05, 0) is 42.7 Å². The third-order valence-electron chi connectivity index (χ3n) is 5.89. The summed E-state index contributed by atoms with van der Waals surface area (Å²) in [6, 6.07) is 9.76. The lowest BCUT2D eigenvalue weighted by atomic mass is 9.93. The van der Waals surface area contributed by atoms with Crippen LogP contribution in [0.1, 0.15) is 24.3 Å². The number of nitrogens with zero attached hydrogens (tertiary/aromatic N) is 1. The summed E-state index contributed by atoms with van der Waals surface area (Å²) >= 11 is 6.18. The molecule has 1 aliphatic rings. The molecule has 1 aliphatic heterocycles. The van der Waals surface area contributed by atoms with Gasteiger partial charge in [-0.15, -0.1) is 0 Å². The van der Waals surface area contributed by atoms with E-state index in [2.05, 4.69) is 0 Å². The quantitative estimate of drug-likeness (QED) is 0.349. The van der Waals surface area contributed by atoms with E-state index in [-0.39, 0.29) is 17.2 Å². The van der Waals surface area contributed by atoms with Crippen LogP contribution in [0.5, 0.6) is 0 Å². The van der Waals surface area contributed by atoms with Crippen LogP contribution in [-0.2, 0) is 14.4 Å². The Morgan fingerprint density at radius 3 is 2.67 bits per heavy atom. The zero-order chi connectivity index (χ0) is 23.7. The van der Waals surface area contributed by atoms with Crippen LogP contribution in [0.3, 0.4) is 0 Å². The van der Waals surface area contributed by atoms with Crippen molar-refractivity contribution in [1.82, 2.24) is 4.90 Å². The number of halogens is 2. The molecule has 170 valence electrons. The minimum Gasteiger partial charge on any atom is -0.423 e. The molecule has 2 atom stereocenters. The molecule has 9 heteroatoms. The van der Waals surface area contributed by atoms with Crippen LogP contribution in [0.4, 0.5) is 4.39 Å². The van der Waals surface area contributed by atoms with Gasteiger partial charge in [0.25, 0.3) is 0 Å². The average Bonchev–Trinajstić information content (AvgIpc) is 2.79. The van der Waals surface area contributed by atoms with Crippen molar-refractivity contribution in [2.75, 3.05) is 13.1 Å². The Bertz CT molecular complexity index is 1320. The number of carbonyl (C=O) groups excluding carboxylic acids is 3. The van der Waals surface area contributed by atoms with Crippen LogP contribution in [0.25, 0.3) is 22.1 Å². The summed E-state index contributed by atoms with van der Waals surface area (Å²) in [5.74, 6) is -3.02. The number of aldehydes is 1. The van der Waals surface area contributed by atoms with E-state index in [1.807, 2.05) is 0 Å². The second kappa shape index (κ2) is 9.15. The minimum atomic E-state index is -1.13. The first-order valence-corrected chi connectivity index (χ1v) is 10.7. The highest BCUT2D eigenvalue weighted by Gasteiger charge is 2.32. The maximum absolute atomic E-state index is 13.5. The molecular formula is C24H20ClFN2O5. The zero-order valence-corrected chi connectivity index (χ0v) is 18.2. The summed E-state index contributed by atoms with van der Waals surface area (Å²) in [6.45, 7) is 0.581. The van der Waals surface area contributed by atoms with Gasteiger partial charge in [0.2, 0.25) is 11.8 Å². The Hall–Kier alpha value is -3.52. The number of hydrogen-bond acceptors (Lipinski definition) is 5. The molecule has 1 fully saturated rings. The number of nitrogens with two attached hydrogens (primary N) is 1. The molecule has 4 rings (SSSR count). The largest absolute Gasteiger partial charge is 0.423 e. The maximum Gasteiger partial charge on any atom is 0.336 e. The number of benzene rings is 2. The van der Waals surface area contributed by atoms with E-state index in [4.69, 9.17) is 21.8 Å². The number of piperidine rings is 1. The molecule has 3 aromatic rings. The Morgan fingerprint density at radius 2 is 1.97 bits per heavy atom. The number of primary amides is 1. The monoisotopic (exact) mass is 470 g/mol. The number of fused-ring (bicyclic) bond motifs is 1. The molecule has 2 amide bonds. The first-order chi connectivity index (χ1) is 15.8. The smallest absolute Gasteiger partial charge is 0.336 e. The summed E-state index contributed by atoms with van der Waals surface area (Å²) in [5.41, 5.74) is 6.10. The fourth-order valence-corrected chi connectivity index (χ4v) is 4.46. The highest BCUT2D eigenvalue weighted by atomic mass is 35.5. The maximum atomic E-state index is 13.5. The van der Waals surface area contributed by atoms with E-state index < -0.39 is 35.1 Å². The molecule has 0 aliphatic carbocycles. The molecule has 2 aromatic carbocycles. The van der Waals surface area contributed by atoms with Crippen molar-refractivity contribution in [1.29, 1.82) is 0 Å². The van der Waals surface area contributed by atoms with Gasteiger partial charge in [0.1, 0.15) is 23.6 Å². The van der Waals surface area contributed by atoms with Crippen molar-refractivity contribution in [3.63, 3.8) is 0 Å². The van der Waals surface area contributed by atoms with Crippen molar-refractivity contribution in [3.05, 3.63) is 69.3 Å². The number of amides is 2. The molecule has 0 saturated carbocycles. The topological polar surface area (TPSA) is 111 Å². The highest BCUT2D eigenvalue weighted by molar-refractivity contribution is 6.33. The number of likely N-dealkylation sites (tertiary alicyclic amines) is 1. The van der Waals surface area contributed by atoms with E-state index in [0.29, 0.717) is 47.7 Å². The van der Waals surface area contributed by atoms with E-state index in [0.717, 1.165) is 6.07 Å². The minimum absolute atomic E-state index is 0.126. The molecule has 7 nitrogen and oxygen atoms in total. The van der Waals surface area contributed by atoms with Gasteiger partial charge in [0, 0.05) is 35.7 Å². The van der Waals surface area contributed by atoms with Crippen molar-refractivity contribution in [2.45, 2.75) is 18.8 Å². The first kappa shape index (κ1) is 22.7. The van der Waals surface area contributed by atoms with E-state index in [1.165, 1.54) is 29.2 Å². The summed E-state index contributed by atoms with van der Waals surface area (Å²) in [4.78, 5) is 50.2. The van der Waals surface area contributed by atoms with Crippen LogP contribution in [0.15, 0.2) is 51.7 Å². The van der Waals surface area contributed by atoms with E-state index in [1.54, 1.807) is 12.1 Å². The fraction of sp³-hybridized carbons (Fsp3) is 0.250. The SMILES string of the molecule is NC(=O)[C@H]1CCCN(C(=O)[C@@H](C=O)c2ccc3c(-c4ccc(F)cc4Cl)cc(=O)oc3c2)C1. The molecule has 0 radical (unpaired) electrons. The Labute approximate surface area is 192 Å². The number of hydrogen-bond donors (Lipinski definition) is 1. The van der Waals surface area contributed by atoms with E-state index >= 15 is 0 Å². The van der Waals surface area contributed by atoms with Crippen LogP contribution >= 0.6 is 11.6 Å². The first-order valence-electron chi connectivity index (χ1n) is 10.3. The lowest BCUT2D eigenvalue weighted by Gasteiger charge is -2.32. The highest BCUT2D eigenvalue weighted by Crippen LogP contribution is 2.34. The molecule has 1 aromatic heterocycles. The predicted octanol–water partition coefficient (Wildman–Crippen LogP) is 3.26. The molecule has 0 spiro atoms. The average molecular weight is 471 g/mol. The summed E-state index contributed by atoms with van der Waals surface area (Å²) in [7, 11) is 0. The van der Waals surface area contributed by atoms with E-state index in [9.17, 15) is 23.6 Å². The van der Waals surface area contributed by atoms with Gasteiger partial charge in [-0.25, -0.2) is 9.18 Å². The molecule has 0 unspecified atom stereocenters. The number of rotatable bonds is 5. The lowest BCUT2D eigenvalue weighted by molar-refractivity contribution is -0.137. The van der Waals surface area contributed by atoms with Crippen molar-refractivity contribution in [2.24, 2.45) is 11.7 Å². The Balaban J connectivity index is 1.72.